The molecule has 0 aromatic carbocycles. The number of hydrogen-bond donors (Lipinski definition) is 3. The molecule has 1 rings (SSSR count). The summed E-state index contributed by atoms with van der Waals surface area (Å²) in [6.07, 6.45) is -3.81. The van der Waals surface area contributed by atoms with Gasteiger partial charge in [0.25, 0.3) is 0 Å². The Morgan fingerprint density at radius 3 is 2.00 bits per heavy atom. The number of rotatable bonds is 3. The first-order valence-corrected chi connectivity index (χ1v) is 6.48. The monoisotopic (exact) mass is 328 g/mol. The van der Waals surface area contributed by atoms with Gasteiger partial charge >= 0.3 is 18.1 Å². The highest BCUT2D eigenvalue weighted by Crippen LogP contribution is 2.19. The molecule has 128 valence electrons. The van der Waals surface area contributed by atoms with Gasteiger partial charge in [0, 0.05) is 6.54 Å². The molecule has 1 saturated heterocycles. The van der Waals surface area contributed by atoms with Crippen LogP contribution in [-0.2, 0) is 14.4 Å². The maximum atomic E-state index is 11.8. The lowest BCUT2D eigenvalue weighted by atomic mass is 10.0. The van der Waals surface area contributed by atoms with E-state index in [1.54, 1.807) is 0 Å². The van der Waals surface area contributed by atoms with Crippen LogP contribution in [0.15, 0.2) is 0 Å². The molecule has 0 spiro atoms. The first-order valence-electron chi connectivity index (χ1n) is 6.48. The zero-order valence-corrected chi connectivity index (χ0v) is 12.1. The van der Waals surface area contributed by atoms with Crippen LogP contribution in [0.1, 0.15) is 26.7 Å². The standard InChI is InChI=1S/C10H18N2O3.C2HF3O2/c1-6(2)8(11)9(13)12-5-3-4-7(12)10(14)15;3-2(4,5)1(6)7/h6-8H,3-5,11H2,1-2H3,(H,14,15);(H,6,7)/t7-,8-;/m0./s1. The average Bonchev–Trinajstić information content (AvgIpc) is 2.85. The Morgan fingerprint density at radius 1 is 1.23 bits per heavy atom. The largest absolute Gasteiger partial charge is 0.490 e. The highest BCUT2D eigenvalue weighted by atomic mass is 19.4. The van der Waals surface area contributed by atoms with Gasteiger partial charge in [0.05, 0.1) is 6.04 Å². The predicted octanol–water partition coefficient (Wildman–Crippen LogP) is 0.679. The molecule has 1 heterocycles. The molecule has 1 fully saturated rings. The van der Waals surface area contributed by atoms with E-state index in [0.29, 0.717) is 13.0 Å². The van der Waals surface area contributed by atoms with E-state index in [4.69, 9.17) is 20.7 Å². The van der Waals surface area contributed by atoms with Crippen molar-refractivity contribution in [3.05, 3.63) is 0 Å². The third-order valence-corrected chi connectivity index (χ3v) is 3.07. The minimum absolute atomic E-state index is 0.0348. The van der Waals surface area contributed by atoms with Gasteiger partial charge in [-0.15, -0.1) is 0 Å². The number of nitrogens with two attached hydrogens (primary N) is 1. The van der Waals surface area contributed by atoms with E-state index in [9.17, 15) is 22.8 Å². The molecule has 10 heteroatoms. The fourth-order valence-corrected chi connectivity index (χ4v) is 1.76. The van der Waals surface area contributed by atoms with E-state index in [1.807, 2.05) is 13.8 Å². The highest BCUT2D eigenvalue weighted by Gasteiger charge is 2.38. The molecular formula is C12H19F3N2O5. The summed E-state index contributed by atoms with van der Waals surface area (Å²) in [6.45, 7) is 4.22. The lowest BCUT2D eigenvalue weighted by molar-refractivity contribution is -0.192. The number of nitrogens with zero attached hydrogens (tertiary/aromatic N) is 1. The zero-order chi connectivity index (χ0) is 17.7. The molecule has 0 aromatic heterocycles. The van der Waals surface area contributed by atoms with Crippen molar-refractivity contribution >= 4 is 17.8 Å². The minimum Gasteiger partial charge on any atom is -0.480 e. The summed E-state index contributed by atoms with van der Waals surface area (Å²) in [5.74, 6) is -3.90. The van der Waals surface area contributed by atoms with Gasteiger partial charge < -0.3 is 20.8 Å². The number of amides is 1. The van der Waals surface area contributed by atoms with Crippen molar-refractivity contribution in [3.8, 4) is 0 Å². The number of likely N-dealkylation sites (tertiary alicyclic amines) is 1. The van der Waals surface area contributed by atoms with Crippen LogP contribution >= 0.6 is 0 Å². The third kappa shape index (κ3) is 5.88. The summed E-state index contributed by atoms with van der Waals surface area (Å²) in [5, 5.41) is 16.0. The van der Waals surface area contributed by atoms with Crippen LogP contribution in [-0.4, -0.2) is 57.8 Å². The summed E-state index contributed by atoms with van der Waals surface area (Å²) >= 11 is 0. The maximum Gasteiger partial charge on any atom is 0.490 e. The summed E-state index contributed by atoms with van der Waals surface area (Å²) < 4.78 is 31.7. The number of halogens is 3. The molecule has 1 aliphatic heterocycles. The average molecular weight is 328 g/mol. The Kier molecular flexibility index (Phi) is 7.30. The topological polar surface area (TPSA) is 121 Å². The Labute approximate surface area is 124 Å². The quantitative estimate of drug-likeness (QED) is 0.700. The first-order chi connectivity index (χ1) is 9.89. The number of carboxylic acid groups (broad SMARTS) is 2. The van der Waals surface area contributed by atoms with Crippen molar-refractivity contribution in [2.45, 2.75) is 44.9 Å². The number of carbonyl (C=O) groups is 3. The van der Waals surface area contributed by atoms with Crippen LogP contribution in [0.5, 0.6) is 0 Å². The van der Waals surface area contributed by atoms with E-state index in [-0.39, 0.29) is 11.8 Å². The molecule has 7 nitrogen and oxygen atoms in total. The summed E-state index contributed by atoms with van der Waals surface area (Å²) in [6, 6.07) is -1.27. The number of hydrogen-bond acceptors (Lipinski definition) is 4. The second-order valence-electron chi connectivity index (χ2n) is 5.10. The normalized spacial score (nSPS) is 19.4. The molecule has 0 bridgehead atoms. The van der Waals surface area contributed by atoms with Crippen molar-refractivity contribution in [1.82, 2.24) is 4.90 Å². The van der Waals surface area contributed by atoms with E-state index >= 15 is 0 Å². The second kappa shape index (κ2) is 7.97. The third-order valence-electron chi connectivity index (χ3n) is 3.07. The molecule has 2 atom stereocenters. The van der Waals surface area contributed by atoms with Crippen LogP contribution < -0.4 is 5.73 Å². The molecule has 1 aliphatic rings. The van der Waals surface area contributed by atoms with Gasteiger partial charge in [0.2, 0.25) is 5.91 Å². The van der Waals surface area contributed by atoms with Gasteiger partial charge in [-0.1, -0.05) is 13.8 Å². The van der Waals surface area contributed by atoms with Crippen molar-refractivity contribution in [2.24, 2.45) is 11.7 Å². The summed E-state index contributed by atoms with van der Waals surface area (Å²) in [4.78, 5) is 33.0. The van der Waals surface area contributed by atoms with Gasteiger partial charge in [-0.3, -0.25) is 4.79 Å². The van der Waals surface area contributed by atoms with E-state index in [2.05, 4.69) is 0 Å². The molecule has 4 N–H and O–H groups in total. The summed E-state index contributed by atoms with van der Waals surface area (Å²) in [5.41, 5.74) is 5.72. The fourth-order valence-electron chi connectivity index (χ4n) is 1.76. The Hall–Kier alpha value is -1.84. The van der Waals surface area contributed by atoms with Crippen LogP contribution in [0, 0.1) is 5.92 Å². The number of alkyl halides is 3. The van der Waals surface area contributed by atoms with Crippen molar-refractivity contribution in [2.75, 3.05) is 6.54 Å². The predicted molar refractivity (Wildman–Crippen MR) is 68.9 cm³/mol. The zero-order valence-electron chi connectivity index (χ0n) is 12.1. The SMILES string of the molecule is CC(C)[C@H](N)C(=O)N1CCC[C@H]1C(=O)O.O=C(O)C(F)(F)F. The van der Waals surface area contributed by atoms with Crippen molar-refractivity contribution in [1.29, 1.82) is 0 Å². The Morgan fingerprint density at radius 2 is 1.68 bits per heavy atom. The molecular weight excluding hydrogens is 309 g/mol. The smallest absolute Gasteiger partial charge is 0.480 e. The fraction of sp³-hybridized carbons (Fsp3) is 0.750. The van der Waals surface area contributed by atoms with Crippen molar-refractivity contribution in [3.63, 3.8) is 0 Å². The highest BCUT2D eigenvalue weighted by molar-refractivity contribution is 5.87. The van der Waals surface area contributed by atoms with E-state index < -0.39 is 30.2 Å². The number of carbonyl (C=O) groups excluding carboxylic acids is 1. The van der Waals surface area contributed by atoms with Gasteiger partial charge in [-0.05, 0) is 18.8 Å². The van der Waals surface area contributed by atoms with Crippen LogP contribution in [0.3, 0.4) is 0 Å². The second-order valence-corrected chi connectivity index (χ2v) is 5.10. The molecule has 1 amide bonds. The minimum atomic E-state index is -5.08. The molecule has 0 aliphatic carbocycles. The van der Waals surface area contributed by atoms with Crippen molar-refractivity contribution < 1.29 is 37.8 Å². The number of aliphatic carboxylic acids is 2. The van der Waals surface area contributed by atoms with Crippen LogP contribution in [0.2, 0.25) is 0 Å². The van der Waals surface area contributed by atoms with E-state index in [0.717, 1.165) is 6.42 Å². The lowest BCUT2D eigenvalue weighted by Crippen LogP contribution is -2.50. The molecule has 0 radical (unpaired) electrons. The molecule has 22 heavy (non-hydrogen) atoms. The molecule has 0 saturated carbocycles. The van der Waals surface area contributed by atoms with E-state index in [1.165, 1.54) is 4.90 Å². The number of carboxylic acids is 2. The van der Waals surface area contributed by atoms with Crippen LogP contribution in [0.25, 0.3) is 0 Å². The van der Waals surface area contributed by atoms with Gasteiger partial charge in [-0.2, -0.15) is 13.2 Å². The first kappa shape index (κ1) is 20.2. The van der Waals surface area contributed by atoms with Gasteiger partial charge in [-0.25, -0.2) is 9.59 Å². The Bertz CT molecular complexity index is 425. The maximum absolute atomic E-state index is 11.8. The van der Waals surface area contributed by atoms with Gasteiger partial charge in [0.15, 0.2) is 0 Å². The summed E-state index contributed by atoms with van der Waals surface area (Å²) in [7, 11) is 0. The lowest BCUT2D eigenvalue weighted by Gasteiger charge is -2.26. The van der Waals surface area contributed by atoms with Gasteiger partial charge in [0.1, 0.15) is 6.04 Å². The Balaban J connectivity index is 0.000000534. The van der Waals surface area contributed by atoms with Crippen LogP contribution in [0.4, 0.5) is 13.2 Å². The molecule has 0 unspecified atom stereocenters. The molecule has 0 aromatic rings.